The van der Waals surface area contributed by atoms with E-state index >= 15 is 0 Å². The summed E-state index contributed by atoms with van der Waals surface area (Å²) in [5.41, 5.74) is 1.65. The van der Waals surface area contributed by atoms with Crippen molar-refractivity contribution in [2.75, 3.05) is 11.9 Å². The first kappa shape index (κ1) is 15.7. The van der Waals surface area contributed by atoms with Gasteiger partial charge in [0.25, 0.3) is 5.91 Å². The number of pyridine rings is 1. The number of anilines is 1. The van der Waals surface area contributed by atoms with Gasteiger partial charge < -0.3 is 10.2 Å². The molecule has 1 N–H and O–H groups in total. The molecular weight excluding hydrogens is 320 g/mol. The lowest BCUT2D eigenvalue weighted by molar-refractivity contribution is -0.120. The Kier molecular flexibility index (Phi) is 3.74. The zero-order chi connectivity index (χ0) is 17.6. The van der Waals surface area contributed by atoms with Gasteiger partial charge in [0.15, 0.2) is 0 Å². The molecule has 4 heterocycles. The molecule has 8 nitrogen and oxygen atoms in total. The first-order valence-corrected chi connectivity index (χ1v) is 8.51. The molecule has 0 radical (unpaired) electrons. The number of hydrogen-bond acceptors (Lipinski definition) is 5. The topological polar surface area (TPSA) is 93.0 Å². The fraction of sp³-hybridized carbons (Fsp3) is 0.471. The second-order valence-corrected chi connectivity index (χ2v) is 6.64. The van der Waals surface area contributed by atoms with Crippen molar-refractivity contribution in [3.63, 3.8) is 0 Å². The van der Waals surface area contributed by atoms with E-state index in [1.807, 2.05) is 6.07 Å². The van der Waals surface area contributed by atoms with Crippen molar-refractivity contribution < 1.29 is 9.59 Å². The molecule has 0 spiro atoms. The number of amides is 2. The summed E-state index contributed by atoms with van der Waals surface area (Å²) in [6.45, 7) is 2.85. The van der Waals surface area contributed by atoms with Crippen LogP contribution in [0.3, 0.4) is 0 Å². The van der Waals surface area contributed by atoms with Crippen molar-refractivity contribution in [1.29, 1.82) is 0 Å². The van der Waals surface area contributed by atoms with Gasteiger partial charge in [-0.2, -0.15) is 0 Å². The molecule has 2 amide bonds. The summed E-state index contributed by atoms with van der Waals surface area (Å²) in [5, 5.41) is 7.07. The molecule has 2 aromatic rings. The van der Waals surface area contributed by atoms with Crippen LogP contribution in [0, 0.1) is 0 Å². The molecule has 8 heteroatoms. The number of aromatic nitrogens is 4. The molecule has 0 saturated carbocycles. The largest absolute Gasteiger partial charge is 0.337 e. The average molecular weight is 340 g/mol. The van der Waals surface area contributed by atoms with E-state index in [1.165, 1.54) is 0 Å². The minimum absolute atomic E-state index is 0.136. The Bertz CT molecular complexity index is 845. The number of carbonyl (C=O) groups is 2. The van der Waals surface area contributed by atoms with E-state index < -0.39 is 11.9 Å². The first-order valence-electron chi connectivity index (χ1n) is 8.51. The third-order valence-electron chi connectivity index (χ3n) is 4.95. The minimum Gasteiger partial charge on any atom is -0.337 e. The van der Waals surface area contributed by atoms with Crippen LogP contribution in [0.5, 0.6) is 0 Å². The lowest BCUT2D eigenvalue weighted by atomic mass is 10.1. The molecule has 0 saturated heterocycles. The van der Waals surface area contributed by atoms with Gasteiger partial charge in [0.2, 0.25) is 11.7 Å². The number of carbonyl (C=O) groups excluding carboxylic acids is 2. The smallest absolute Gasteiger partial charge is 0.291 e. The zero-order valence-corrected chi connectivity index (χ0v) is 14.3. The molecule has 0 bridgehead atoms. The quantitative estimate of drug-likeness (QED) is 0.876. The van der Waals surface area contributed by atoms with Gasteiger partial charge in [0.1, 0.15) is 11.9 Å². The summed E-state index contributed by atoms with van der Waals surface area (Å²) in [6, 6.07) is 3.06. The van der Waals surface area contributed by atoms with E-state index in [2.05, 4.69) is 27.3 Å². The number of fused-ring (bicyclic) bond motifs is 2. The summed E-state index contributed by atoms with van der Waals surface area (Å²) in [6.07, 6.45) is 3.84. The highest BCUT2D eigenvalue weighted by Crippen LogP contribution is 2.26. The highest BCUT2D eigenvalue weighted by atomic mass is 16.2. The summed E-state index contributed by atoms with van der Waals surface area (Å²) in [4.78, 5) is 35.5. The van der Waals surface area contributed by atoms with Crippen molar-refractivity contribution in [2.45, 2.75) is 44.7 Å². The van der Waals surface area contributed by atoms with Crippen LogP contribution in [0.2, 0.25) is 0 Å². The lowest BCUT2D eigenvalue weighted by Crippen LogP contribution is -2.47. The van der Waals surface area contributed by atoms with Crippen LogP contribution in [0.15, 0.2) is 18.3 Å². The van der Waals surface area contributed by atoms with E-state index in [0.717, 1.165) is 30.2 Å². The molecule has 4 rings (SSSR count). The van der Waals surface area contributed by atoms with Crippen LogP contribution in [0.1, 0.15) is 47.8 Å². The van der Waals surface area contributed by atoms with Gasteiger partial charge in [0, 0.05) is 25.7 Å². The van der Waals surface area contributed by atoms with Crippen LogP contribution in [-0.4, -0.2) is 44.7 Å². The molecule has 0 aromatic carbocycles. The second-order valence-electron chi connectivity index (χ2n) is 6.64. The number of likely N-dealkylation sites (N-methyl/N-ethyl adjacent to an activating group) is 1. The Morgan fingerprint density at radius 2 is 2.20 bits per heavy atom. The van der Waals surface area contributed by atoms with Crippen LogP contribution in [0.25, 0.3) is 0 Å². The van der Waals surface area contributed by atoms with Gasteiger partial charge in [-0.15, -0.1) is 5.10 Å². The van der Waals surface area contributed by atoms with E-state index in [-0.39, 0.29) is 11.7 Å². The Hall–Kier alpha value is -2.77. The summed E-state index contributed by atoms with van der Waals surface area (Å²) >= 11 is 0. The van der Waals surface area contributed by atoms with Crippen molar-refractivity contribution in [1.82, 2.24) is 25.1 Å². The Morgan fingerprint density at radius 3 is 3.00 bits per heavy atom. The summed E-state index contributed by atoms with van der Waals surface area (Å²) in [5.74, 6) is 0.725. The number of nitrogens with one attached hydrogen (secondary N) is 1. The first-order chi connectivity index (χ1) is 12.0. The number of rotatable bonds is 2. The molecular formula is C17H20N6O2. The highest BCUT2D eigenvalue weighted by Gasteiger charge is 2.32. The fourth-order valence-corrected chi connectivity index (χ4v) is 3.47. The average Bonchev–Trinajstić information content (AvgIpc) is 3.16. The SMILES string of the molecule is C[C@@H]1CCn2nc(C(=O)N[C@H]3CCc4ncccc4N(C)C3=O)nc21. The van der Waals surface area contributed by atoms with Crippen molar-refractivity contribution >= 4 is 17.5 Å². The molecule has 2 atom stereocenters. The molecule has 130 valence electrons. The minimum atomic E-state index is -0.609. The Labute approximate surface area is 145 Å². The van der Waals surface area contributed by atoms with E-state index in [1.54, 1.807) is 28.9 Å². The Morgan fingerprint density at radius 1 is 1.36 bits per heavy atom. The van der Waals surface area contributed by atoms with Crippen molar-refractivity contribution in [3.8, 4) is 0 Å². The molecule has 25 heavy (non-hydrogen) atoms. The molecule has 2 aliphatic heterocycles. The van der Waals surface area contributed by atoms with Gasteiger partial charge in [-0.25, -0.2) is 9.67 Å². The van der Waals surface area contributed by atoms with Crippen LogP contribution in [-0.2, 0) is 17.8 Å². The van der Waals surface area contributed by atoms with Gasteiger partial charge in [-0.1, -0.05) is 6.92 Å². The third kappa shape index (κ3) is 2.67. The van der Waals surface area contributed by atoms with Gasteiger partial charge >= 0.3 is 0 Å². The van der Waals surface area contributed by atoms with Gasteiger partial charge in [-0.3, -0.25) is 14.6 Å². The van der Waals surface area contributed by atoms with Crippen LogP contribution in [0.4, 0.5) is 5.69 Å². The molecule has 0 fully saturated rings. The van der Waals surface area contributed by atoms with E-state index in [9.17, 15) is 9.59 Å². The second kappa shape index (κ2) is 5.94. The molecule has 2 aliphatic rings. The number of aryl methyl sites for hydroxylation is 2. The standard InChI is InChI=1S/C17H20N6O2/c1-10-7-9-23-15(10)20-14(21-23)16(24)19-12-6-5-11-13(4-3-8-18-11)22(2)17(12)25/h3-4,8,10,12H,5-7,9H2,1-2H3,(H,19,24)/t10-,12+/m1/s1. The maximum atomic E-state index is 12.7. The normalized spacial score (nSPS) is 22.3. The summed E-state index contributed by atoms with van der Waals surface area (Å²) in [7, 11) is 1.71. The van der Waals surface area contributed by atoms with Gasteiger partial charge in [0.05, 0.1) is 11.4 Å². The number of hydrogen-bond donors (Lipinski definition) is 1. The predicted octanol–water partition coefficient (Wildman–Crippen LogP) is 0.888. The fourth-order valence-electron chi connectivity index (χ4n) is 3.47. The zero-order valence-electron chi connectivity index (χ0n) is 14.3. The van der Waals surface area contributed by atoms with Crippen molar-refractivity contribution in [3.05, 3.63) is 35.7 Å². The number of nitrogens with zero attached hydrogens (tertiary/aromatic N) is 5. The molecule has 0 unspecified atom stereocenters. The lowest BCUT2D eigenvalue weighted by Gasteiger charge is -2.21. The third-order valence-corrected chi connectivity index (χ3v) is 4.95. The van der Waals surface area contributed by atoms with Crippen molar-refractivity contribution in [2.24, 2.45) is 0 Å². The monoisotopic (exact) mass is 340 g/mol. The van der Waals surface area contributed by atoms with Gasteiger partial charge in [-0.05, 0) is 31.4 Å². The van der Waals surface area contributed by atoms with Crippen LogP contribution >= 0.6 is 0 Å². The highest BCUT2D eigenvalue weighted by molar-refractivity contribution is 6.01. The van der Waals surface area contributed by atoms with E-state index in [0.29, 0.717) is 18.8 Å². The molecule has 2 aromatic heterocycles. The maximum absolute atomic E-state index is 12.7. The van der Waals surface area contributed by atoms with E-state index in [4.69, 9.17) is 0 Å². The Balaban J connectivity index is 1.52. The maximum Gasteiger partial charge on any atom is 0.291 e. The predicted molar refractivity (Wildman–Crippen MR) is 90.3 cm³/mol. The summed E-state index contributed by atoms with van der Waals surface area (Å²) < 4.78 is 1.78. The van der Waals surface area contributed by atoms with Crippen LogP contribution < -0.4 is 10.2 Å². The molecule has 0 aliphatic carbocycles.